The van der Waals surface area contributed by atoms with Crippen LogP contribution in [0.25, 0.3) is 22.6 Å². The second-order valence-corrected chi connectivity index (χ2v) is 7.62. The summed E-state index contributed by atoms with van der Waals surface area (Å²) < 4.78 is 16.5. The average Bonchev–Trinajstić information content (AvgIpc) is 3.24. The van der Waals surface area contributed by atoms with E-state index in [1.165, 1.54) is 0 Å². The second-order valence-electron chi connectivity index (χ2n) is 7.62. The molecule has 2 heterocycles. The number of Topliss-reactive ketones (excluding diaryl/α,β-unsaturated/α-hetero) is 1. The van der Waals surface area contributed by atoms with E-state index in [2.05, 4.69) is 10.2 Å². The number of hydrogen-bond acceptors (Lipinski definition) is 9. The van der Waals surface area contributed by atoms with Gasteiger partial charge in [0, 0.05) is 19.6 Å². The van der Waals surface area contributed by atoms with Crippen LogP contribution in [0.1, 0.15) is 23.1 Å². The maximum Gasteiger partial charge on any atom is 0.248 e. The SMILES string of the molecule is COCc1cc(-c2cccc([C@H]3O[C@H](CO)C(=O)C(O)[C@@H]3O)c2)ccc1-c1nnc(C)o1. The first kappa shape index (κ1) is 22.3. The minimum atomic E-state index is -1.62. The Morgan fingerprint density at radius 2 is 1.88 bits per heavy atom. The van der Waals surface area contributed by atoms with Gasteiger partial charge in [-0.3, -0.25) is 4.79 Å². The third kappa shape index (κ3) is 4.21. The Labute approximate surface area is 184 Å². The van der Waals surface area contributed by atoms with Crippen LogP contribution in [0.2, 0.25) is 0 Å². The lowest BCUT2D eigenvalue weighted by atomic mass is 9.90. The molecule has 1 saturated heterocycles. The van der Waals surface area contributed by atoms with Crippen LogP contribution < -0.4 is 0 Å². The number of methoxy groups -OCH3 is 1. The number of carbonyl (C=O) groups is 1. The molecule has 0 aliphatic carbocycles. The van der Waals surface area contributed by atoms with E-state index in [4.69, 9.17) is 13.9 Å². The fraction of sp³-hybridized carbons (Fsp3) is 0.348. The lowest BCUT2D eigenvalue weighted by molar-refractivity contribution is -0.188. The maximum atomic E-state index is 12.0. The highest BCUT2D eigenvalue weighted by Crippen LogP contribution is 2.34. The summed E-state index contributed by atoms with van der Waals surface area (Å²) in [7, 11) is 1.60. The third-order valence-corrected chi connectivity index (χ3v) is 5.43. The summed E-state index contributed by atoms with van der Waals surface area (Å²) in [5.74, 6) is 0.138. The number of aliphatic hydroxyl groups excluding tert-OH is 3. The highest BCUT2D eigenvalue weighted by molar-refractivity contribution is 5.88. The molecule has 0 saturated carbocycles. The number of nitrogens with zero attached hydrogens (tertiary/aromatic N) is 2. The van der Waals surface area contributed by atoms with Crippen LogP contribution in [0.5, 0.6) is 0 Å². The quantitative estimate of drug-likeness (QED) is 0.522. The van der Waals surface area contributed by atoms with Gasteiger partial charge in [0.05, 0.1) is 13.2 Å². The van der Waals surface area contributed by atoms with Gasteiger partial charge in [-0.2, -0.15) is 0 Å². The molecule has 0 radical (unpaired) electrons. The van der Waals surface area contributed by atoms with Crippen LogP contribution in [-0.2, 0) is 20.9 Å². The van der Waals surface area contributed by atoms with E-state index in [-0.39, 0.29) is 0 Å². The number of ether oxygens (including phenoxy) is 2. The highest BCUT2D eigenvalue weighted by Gasteiger charge is 2.43. The summed E-state index contributed by atoms with van der Waals surface area (Å²) in [6.45, 7) is 1.48. The summed E-state index contributed by atoms with van der Waals surface area (Å²) in [6.07, 6.45) is -5.21. The van der Waals surface area contributed by atoms with Crippen LogP contribution in [0.4, 0.5) is 0 Å². The van der Waals surface area contributed by atoms with Crippen LogP contribution >= 0.6 is 0 Å². The number of carbonyl (C=O) groups excluding carboxylic acids is 1. The Hall–Kier alpha value is -2.95. The van der Waals surface area contributed by atoms with E-state index >= 15 is 0 Å². The molecule has 0 spiro atoms. The zero-order chi connectivity index (χ0) is 22.8. The molecule has 2 aromatic carbocycles. The summed E-state index contributed by atoms with van der Waals surface area (Å²) in [5.41, 5.74) is 3.90. The highest BCUT2D eigenvalue weighted by atomic mass is 16.5. The topological polar surface area (TPSA) is 135 Å². The Kier molecular flexibility index (Phi) is 6.45. The Morgan fingerprint density at radius 3 is 2.56 bits per heavy atom. The van der Waals surface area contributed by atoms with Gasteiger partial charge in [0.1, 0.15) is 24.4 Å². The molecule has 3 aromatic rings. The van der Waals surface area contributed by atoms with Crippen molar-refractivity contribution in [2.24, 2.45) is 0 Å². The van der Waals surface area contributed by atoms with Crippen molar-refractivity contribution in [1.82, 2.24) is 10.2 Å². The minimum absolute atomic E-state index is 0.335. The molecule has 168 valence electrons. The van der Waals surface area contributed by atoms with Gasteiger partial charge in [-0.1, -0.05) is 24.3 Å². The first-order valence-corrected chi connectivity index (χ1v) is 10.1. The fourth-order valence-electron chi connectivity index (χ4n) is 3.82. The summed E-state index contributed by atoms with van der Waals surface area (Å²) in [6, 6.07) is 13.0. The molecule has 4 rings (SSSR count). The van der Waals surface area contributed by atoms with E-state index in [1.54, 1.807) is 26.2 Å². The number of benzene rings is 2. The molecule has 0 bridgehead atoms. The normalized spacial score (nSPS) is 23.5. The van der Waals surface area contributed by atoms with Crippen LogP contribution in [0.3, 0.4) is 0 Å². The Bertz CT molecular complexity index is 1110. The lowest BCUT2D eigenvalue weighted by Gasteiger charge is -2.35. The molecule has 1 aliphatic heterocycles. The zero-order valence-corrected chi connectivity index (χ0v) is 17.6. The van der Waals surface area contributed by atoms with Crippen LogP contribution in [-0.4, -0.2) is 63.3 Å². The van der Waals surface area contributed by atoms with Gasteiger partial charge in [-0.25, -0.2) is 0 Å². The van der Waals surface area contributed by atoms with Gasteiger partial charge < -0.3 is 29.2 Å². The average molecular weight is 440 g/mol. The monoisotopic (exact) mass is 440 g/mol. The summed E-state index contributed by atoms with van der Waals surface area (Å²) in [5, 5.41) is 37.8. The van der Waals surface area contributed by atoms with Gasteiger partial charge in [0.2, 0.25) is 11.8 Å². The van der Waals surface area contributed by atoms with Gasteiger partial charge in [0.25, 0.3) is 0 Å². The molecule has 9 nitrogen and oxygen atoms in total. The molecule has 3 N–H and O–H groups in total. The number of ketones is 1. The van der Waals surface area contributed by atoms with E-state index in [0.29, 0.717) is 24.0 Å². The minimum Gasteiger partial charge on any atom is -0.421 e. The summed E-state index contributed by atoms with van der Waals surface area (Å²) >= 11 is 0. The molecule has 32 heavy (non-hydrogen) atoms. The van der Waals surface area contributed by atoms with Crippen molar-refractivity contribution in [3.63, 3.8) is 0 Å². The molecule has 4 atom stereocenters. The zero-order valence-electron chi connectivity index (χ0n) is 17.6. The van der Waals surface area contributed by atoms with Crippen LogP contribution in [0.15, 0.2) is 46.9 Å². The van der Waals surface area contributed by atoms with E-state index in [9.17, 15) is 20.1 Å². The molecule has 1 aromatic heterocycles. The van der Waals surface area contributed by atoms with Gasteiger partial charge in [-0.05, 0) is 40.5 Å². The van der Waals surface area contributed by atoms with Crippen LogP contribution in [0, 0.1) is 6.92 Å². The Morgan fingerprint density at radius 1 is 1.09 bits per heavy atom. The smallest absolute Gasteiger partial charge is 0.248 e. The number of rotatable bonds is 6. The number of aliphatic hydroxyl groups is 3. The molecule has 1 unspecified atom stereocenters. The Balaban J connectivity index is 1.69. The molecular formula is C23H24N2O7. The number of aryl methyl sites for hydroxylation is 1. The maximum absolute atomic E-state index is 12.0. The molecule has 1 fully saturated rings. The van der Waals surface area contributed by atoms with Gasteiger partial charge in [0.15, 0.2) is 5.78 Å². The van der Waals surface area contributed by atoms with Crippen molar-refractivity contribution in [2.45, 2.75) is 37.9 Å². The summed E-state index contributed by atoms with van der Waals surface area (Å²) in [4.78, 5) is 12.0. The lowest BCUT2D eigenvalue weighted by Crippen LogP contribution is -2.52. The van der Waals surface area contributed by atoms with Crippen molar-refractivity contribution in [2.75, 3.05) is 13.7 Å². The molecular weight excluding hydrogens is 416 g/mol. The first-order chi connectivity index (χ1) is 15.4. The van der Waals surface area contributed by atoms with Crippen molar-refractivity contribution in [3.05, 3.63) is 59.5 Å². The largest absolute Gasteiger partial charge is 0.421 e. The van der Waals surface area contributed by atoms with Gasteiger partial charge in [-0.15, -0.1) is 10.2 Å². The predicted molar refractivity (Wildman–Crippen MR) is 112 cm³/mol. The van der Waals surface area contributed by atoms with Crippen molar-refractivity contribution in [1.29, 1.82) is 0 Å². The second kappa shape index (κ2) is 9.27. The van der Waals surface area contributed by atoms with E-state index in [0.717, 1.165) is 22.3 Å². The van der Waals surface area contributed by atoms with Crippen molar-refractivity contribution >= 4 is 5.78 Å². The molecule has 9 heteroatoms. The standard InChI is InChI=1S/C23H24N2O7/c1-12-24-25-23(31-12)17-7-6-14(9-16(17)11-30-2)13-4-3-5-15(8-13)22-21(29)20(28)19(27)18(10-26)32-22/h3-9,18,20-22,26,28-29H,10-11H2,1-2H3/t18-,20?,21+,22-/m1/s1. The van der Waals surface area contributed by atoms with Gasteiger partial charge >= 0.3 is 0 Å². The van der Waals surface area contributed by atoms with Crippen molar-refractivity contribution < 1.29 is 34.0 Å². The van der Waals surface area contributed by atoms with E-state index < -0.39 is 36.8 Å². The van der Waals surface area contributed by atoms with E-state index in [1.807, 2.05) is 30.3 Å². The third-order valence-electron chi connectivity index (χ3n) is 5.43. The predicted octanol–water partition coefficient (Wildman–Crippen LogP) is 1.58. The fourth-order valence-corrected chi connectivity index (χ4v) is 3.82. The number of hydrogen-bond donors (Lipinski definition) is 3. The number of aromatic nitrogens is 2. The van der Waals surface area contributed by atoms with Crippen molar-refractivity contribution in [3.8, 4) is 22.6 Å². The first-order valence-electron chi connectivity index (χ1n) is 10.1. The molecule has 1 aliphatic rings. The molecule has 0 amide bonds.